The van der Waals surface area contributed by atoms with E-state index in [1.807, 2.05) is 25.1 Å². The molecule has 2 aromatic carbocycles. The van der Waals surface area contributed by atoms with Crippen LogP contribution in [0.2, 0.25) is 0 Å². The van der Waals surface area contributed by atoms with E-state index in [0.717, 1.165) is 17.1 Å². The van der Waals surface area contributed by atoms with Crippen LogP contribution in [-0.4, -0.2) is 37.2 Å². The van der Waals surface area contributed by atoms with Crippen molar-refractivity contribution in [1.82, 2.24) is 4.90 Å². The molecule has 0 bridgehead atoms. The zero-order chi connectivity index (χ0) is 19.1. The van der Waals surface area contributed by atoms with Crippen molar-refractivity contribution in [2.45, 2.75) is 26.3 Å². The summed E-state index contributed by atoms with van der Waals surface area (Å²) in [6, 6.07) is 11.7. The number of hydrogen-bond acceptors (Lipinski definition) is 4. The summed E-state index contributed by atoms with van der Waals surface area (Å²) in [6.45, 7) is 4.46. The maximum atomic E-state index is 13.1. The minimum atomic E-state index is -0.335. The molecule has 1 aliphatic heterocycles. The number of amides is 1. The standard InChI is InChI=1S/C21H24FNO4/c1-2-23(15-16-6-3-9-19-21(16)27-13-12-26-19)20(24)10-5-11-25-18-8-4-7-17(22)14-18/h3-4,6-9,14H,2,5,10-13,15H2,1H3. The molecule has 0 aliphatic carbocycles. The highest BCUT2D eigenvalue weighted by atomic mass is 19.1. The van der Waals surface area contributed by atoms with Crippen LogP contribution in [-0.2, 0) is 11.3 Å². The maximum Gasteiger partial charge on any atom is 0.222 e. The molecule has 1 amide bonds. The van der Waals surface area contributed by atoms with E-state index < -0.39 is 0 Å². The fourth-order valence-corrected chi connectivity index (χ4v) is 2.97. The van der Waals surface area contributed by atoms with Gasteiger partial charge in [-0.3, -0.25) is 4.79 Å². The molecule has 6 heteroatoms. The molecule has 144 valence electrons. The predicted molar refractivity (Wildman–Crippen MR) is 99.7 cm³/mol. The van der Waals surface area contributed by atoms with Crippen molar-refractivity contribution in [3.63, 3.8) is 0 Å². The van der Waals surface area contributed by atoms with E-state index in [-0.39, 0.29) is 11.7 Å². The molecule has 1 heterocycles. The molecule has 0 N–H and O–H groups in total. The molecule has 5 nitrogen and oxygen atoms in total. The van der Waals surface area contributed by atoms with Crippen molar-refractivity contribution in [3.05, 3.63) is 53.8 Å². The SMILES string of the molecule is CCN(Cc1cccc2c1OCCO2)C(=O)CCCOc1cccc(F)c1. The van der Waals surface area contributed by atoms with Crippen molar-refractivity contribution < 1.29 is 23.4 Å². The van der Waals surface area contributed by atoms with Crippen molar-refractivity contribution in [2.24, 2.45) is 0 Å². The smallest absolute Gasteiger partial charge is 0.222 e. The number of nitrogens with zero attached hydrogens (tertiary/aromatic N) is 1. The van der Waals surface area contributed by atoms with Crippen molar-refractivity contribution in [1.29, 1.82) is 0 Å². The minimum absolute atomic E-state index is 0.0506. The van der Waals surface area contributed by atoms with Crippen molar-refractivity contribution in [3.8, 4) is 17.2 Å². The Morgan fingerprint density at radius 3 is 2.81 bits per heavy atom. The van der Waals surface area contributed by atoms with Gasteiger partial charge in [0.2, 0.25) is 5.91 Å². The fourth-order valence-electron chi connectivity index (χ4n) is 2.97. The Bertz CT molecular complexity index is 781. The average molecular weight is 373 g/mol. The Labute approximate surface area is 158 Å². The first-order valence-electron chi connectivity index (χ1n) is 9.21. The summed E-state index contributed by atoms with van der Waals surface area (Å²) in [6.07, 6.45) is 0.938. The van der Waals surface area contributed by atoms with E-state index in [1.54, 1.807) is 17.0 Å². The van der Waals surface area contributed by atoms with Gasteiger partial charge in [-0.25, -0.2) is 4.39 Å². The van der Waals surface area contributed by atoms with Gasteiger partial charge >= 0.3 is 0 Å². The molecular weight excluding hydrogens is 349 g/mol. The number of fused-ring (bicyclic) bond motifs is 1. The summed E-state index contributed by atoms with van der Waals surface area (Å²) in [5, 5.41) is 0. The summed E-state index contributed by atoms with van der Waals surface area (Å²) >= 11 is 0. The number of benzene rings is 2. The van der Waals surface area contributed by atoms with E-state index in [9.17, 15) is 9.18 Å². The van der Waals surface area contributed by atoms with E-state index in [0.29, 0.717) is 51.5 Å². The predicted octanol–water partition coefficient (Wildman–Crippen LogP) is 3.80. The third-order valence-electron chi connectivity index (χ3n) is 4.34. The highest BCUT2D eigenvalue weighted by molar-refractivity contribution is 5.76. The van der Waals surface area contributed by atoms with Gasteiger partial charge in [-0.2, -0.15) is 0 Å². The van der Waals surface area contributed by atoms with Gasteiger partial charge < -0.3 is 19.1 Å². The van der Waals surface area contributed by atoms with Crippen LogP contribution >= 0.6 is 0 Å². The lowest BCUT2D eigenvalue weighted by Crippen LogP contribution is -2.31. The van der Waals surface area contributed by atoms with Crippen LogP contribution in [0.3, 0.4) is 0 Å². The lowest BCUT2D eigenvalue weighted by Gasteiger charge is -2.25. The molecule has 0 saturated heterocycles. The topological polar surface area (TPSA) is 48.0 Å². The Hall–Kier alpha value is -2.76. The van der Waals surface area contributed by atoms with Gasteiger partial charge in [0.05, 0.1) is 6.61 Å². The summed E-state index contributed by atoms with van der Waals surface area (Å²) in [4.78, 5) is 14.3. The zero-order valence-electron chi connectivity index (χ0n) is 15.4. The molecule has 1 aliphatic rings. The van der Waals surface area contributed by atoms with Gasteiger partial charge in [0.15, 0.2) is 11.5 Å². The largest absolute Gasteiger partial charge is 0.493 e. The lowest BCUT2D eigenvalue weighted by atomic mass is 10.1. The third-order valence-corrected chi connectivity index (χ3v) is 4.34. The van der Waals surface area contributed by atoms with Crippen molar-refractivity contribution >= 4 is 5.91 Å². The number of ether oxygens (including phenoxy) is 3. The van der Waals surface area contributed by atoms with Crippen LogP contribution in [0.15, 0.2) is 42.5 Å². The Morgan fingerprint density at radius 1 is 1.19 bits per heavy atom. The van der Waals surface area contributed by atoms with Crippen LogP contribution in [0.4, 0.5) is 4.39 Å². The molecule has 0 atom stereocenters. The van der Waals surface area contributed by atoms with Crippen LogP contribution in [0.5, 0.6) is 17.2 Å². The average Bonchev–Trinajstić information content (AvgIpc) is 2.69. The van der Waals surface area contributed by atoms with E-state index in [1.165, 1.54) is 12.1 Å². The summed E-state index contributed by atoms with van der Waals surface area (Å²) < 4.78 is 29.9. The highest BCUT2D eigenvalue weighted by Gasteiger charge is 2.19. The number of rotatable bonds is 8. The molecule has 0 unspecified atom stereocenters. The first-order valence-corrected chi connectivity index (χ1v) is 9.21. The van der Waals surface area contributed by atoms with Crippen LogP contribution < -0.4 is 14.2 Å². The fraction of sp³-hybridized carbons (Fsp3) is 0.381. The molecule has 0 aromatic heterocycles. The molecule has 3 rings (SSSR count). The van der Waals surface area contributed by atoms with Gasteiger partial charge in [0.25, 0.3) is 0 Å². The Kier molecular flexibility index (Phi) is 6.52. The quantitative estimate of drug-likeness (QED) is 0.661. The first kappa shape index (κ1) is 19.0. The number of carbonyl (C=O) groups is 1. The van der Waals surface area contributed by atoms with E-state index in [4.69, 9.17) is 14.2 Å². The zero-order valence-corrected chi connectivity index (χ0v) is 15.4. The minimum Gasteiger partial charge on any atom is -0.493 e. The normalized spacial score (nSPS) is 12.5. The van der Waals surface area contributed by atoms with Gasteiger partial charge in [-0.15, -0.1) is 0 Å². The maximum absolute atomic E-state index is 13.1. The molecule has 0 fully saturated rings. The van der Waals surface area contributed by atoms with Gasteiger partial charge in [-0.05, 0) is 31.5 Å². The molecule has 0 spiro atoms. The number of para-hydroxylation sites is 1. The molecule has 2 aromatic rings. The number of carbonyl (C=O) groups excluding carboxylic acids is 1. The second-order valence-electron chi connectivity index (χ2n) is 6.26. The van der Waals surface area contributed by atoms with Crippen LogP contribution in [0.25, 0.3) is 0 Å². The molecular formula is C21H24FNO4. The molecule has 0 radical (unpaired) electrons. The van der Waals surface area contributed by atoms with E-state index >= 15 is 0 Å². The highest BCUT2D eigenvalue weighted by Crippen LogP contribution is 2.34. The lowest BCUT2D eigenvalue weighted by molar-refractivity contribution is -0.131. The van der Waals surface area contributed by atoms with Crippen molar-refractivity contribution in [2.75, 3.05) is 26.4 Å². The number of hydrogen-bond donors (Lipinski definition) is 0. The summed E-state index contributed by atoms with van der Waals surface area (Å²) in [5.41, 5.74) is 0.943. The second-order valence-corrected chi connectivity index (χ2v) is 6.26. The number of halogens is 1. The van der Waals surface area contributed by atoms with Crippen LogP contribution in [0.1, 0.15) is 25.3 Å². The van der Waals surface area contributed by atoms with Crippen LogP contribution in [0, 0.1) is 5.82 Å². The molecule has 27 heavy (non-hydrogen) atoms. The van der Waals surface area contributed by atoms with Gasteiger partial charge in [0.1, 0.15) is 24.8 Å². The summed E-state index contributed by atoms with van der Waals surface area (Å²) in [5.74, 6) is 1.64. The third kappa shape index (κ3) is 5.12. The van der Waals surface area contributed by atoms with E-state index in [2.05, 4.69) is 0 Å². The van der Waals surface area contributed by atoms with Gasteiger partial charge in [-0.1, -0.05) is 18.2 Å². The second kappa shape index (κ2) is 9.26. The summed E-state index contributed by atoms with van der Waals surface area (Å²) in [7, 11) is 0. The first-order chi connectivity index (χ1) is 13.2. The monoisotopic (exact) mass is 373 g/mol. The van der Waals surface area contributed by atoms with Gasteiger partial charge in [0, 0.05) is 31.1 Å². The Balaban J connectivity index is 1.51. The Morgan fingerprint density at radius 2 is 2.00 bits per heavy atom. The molecule has 0 saturated carbocycles.